The van der Waals surface area contributed by atoms with Gasteiger partial charge in [0.25, 0.3) is 0 Å². The molecule has 0 aliphatic rings. The average molecular weight is 410 g/mol. The Hall–Kier alpha value is -3.12. The molecule has 3 rings (SSSR count). The van der Waals surface area contributed by atoms with Gasteiger partial charge in [0, 0.05) is 22.7 Å². The second kappa shape index (κ2) is 9.89. The van der Waals surface area contributed by atoms with Crippen LogP contribution in [0.5, 0.6) is 17.2 Å². The smallest absolute Gasteiger partial charge is 0.242 e. The molecule has 0 fully saturated rings. The highest BCUT2D eigenvalue weighted by molar-refractivity contribution is 8.00. The fraction of sp³-hybridized carbons (Fsp3) is 0.174. The van der Waals surface area contributed by atoms with Crippen molar-refractivity contribution < 1.29 is 19.0 Å². The summed E-state index contributed by atoms with van der Waals surface area (Å²) in [6.45, 7) is 0. The molecule has 0 aliphatic heterocycles. The summed E-state index contributed by atoms with van der Waals surface area (Å²) in [6, 6.07) is 23.0. The van der Waals surface area contributed by atoms with Crippen LogP contribution >= 0.6 is 11.8 Å². The van der Waals surface area contributed by atoms with Gasteiger partial charge in [0.1, 0.15) is 5.25 Å². The number of carbonyl (C=O) groups is 1. The SMILES string of the molecule is COc1cc(NC(=O)C(Sc2ccccc2)c2ccccc2)cc(OC)c1OC. The van der Waals surface area contributed by atoms with E-state index in [9.17, 15) is 4.79 Å². The van der Waals surface area contributed by atoms with E-state index < -0.39 is 5.25 Å². The number of rotatable bonds is 8. The standard InChI is InChI=1S/C23H23NO4S/c1-26-19-14-17(15-20(27-2)21(19)28-3)24-23(25)22(16-10-6-4-7-11-16)29-18-12-8-5-9-13-18/h4-15,22H,1-3H3,(H,24,25). The van der Waals surface area contributed by atoms with Gasteiger partial charge in [-0.25, -0.2) is 0 Å². The van der Waals surface area contributed by atoms with E-state index in [-0.39, 0.29) is 5.91 Å². The fourth-order valence-corrected chi connectivity index (χ4v) is 3.94. The summed E-state index contributed by atoms with van der Waals surface area (Å²) in [5, 5.41) is 2.57. The number of nitrogens with one attached hydrogen (secondary N) is 1. The number of ether oxygens (including phenoxy) is 3. The lowest BCUT2D eigenvalue weighted by atomic mass is 10.1. The third-order valence-corrected chi connectivity index (χ3v) is 5.54. The Morgan fingerprint density at radius 1 is 0.828 bits per heavy atom. The lowest BCUT2D eigenvalue weighted by molar-refractivity contribution is -0.115. The fourth-order valence-electron chi connectivity index (χ4n) is 2.90. The van der Waals surface area contributed by atoms with Gasteiger partial charge >= 0.3 is 0 Å². The highest BCUT2D eigenvalue weighted by Crippen LogP contribution is 2.41. The Balaban J connectivity index is 1.90. The number of benzene rings is 3. The number of hydrogen-bond acceptors (Lipinski definition) is 5. The van der Waals surface area contributed by atoms with Gasteiger partial charge in [-0.2, -0.15) is 0 Å². The quantitative estimate of drug-likeness (QED) is 0.519. The molecule has 150 valence electrons. The van der Waals surface area contributed by atoms with Crippen LogP contribution < -0.4 is 19.5 Å². The molecule has 0 heterocycles. The molecule has 3 aromatic rings. The van der Waals surface area contributed by atoms with Crippen LogP contribution in [0.4, 0.5) is 5.69 Å². The van der Waals surface area contributed by atoms with Gasteiger partial charge in [0.2, 0.25) is 11.7 Å². The van der Waals surface area contributed by atoms with E-state index in [1.54, 1.807) is 33.5 Å². The maximum Gasteiger partial charge on any atom is 0.242 e. The maximum atomic E-state index is 13.2. The molecule has 0 radical (unpaired) electrons. The molecule has 1 N–H and O–H groups in total. The highest BCUT2D eigenvalue weighted by Gasteiger charge is 2.23. The van der Waals surface area contributed by atoms with E-state index in [1.807, 2.05) is 60.7 Å². The normalized spacial score (nSPS) is 11.4. The minimum Gasteiger partial charge on any atom is -0.493 e. The summed E-state index contributed by atoms with van der Waals surface area (Å²) < 4.78 is 16.1. The van der Waals surface area contributed by atoms with Crippen LogP contribution in [-0.2, 0) is 4.79 Å². The number of thioether (sulfide) groups is 1. The van der Waals surface area contributed by atoms with Gasteiger partial charge < -0.3 is 19.5 Å². The highest BCUT2D eigenvalue weighted by atomic mass is 32.2. The van der Waals surface area contributed by atoms with Crippen LogP contribution in [0.25, 0.3) is 0 Å². The first-order valence-electron chi connectivity index (χ1n) is 9.03. The third-order valence-electron chi connectivity index (χ3n) is 4.27. The van der Waals surface area contributed by atoms with Crippen molar-refractivity contribution in [1.82, 2.24) is 0 Å². The van der Waals surface area contributed by atoms with Crippen molar-refractivity contribution in [2.45, 2.75) is 10.1 Å². The topological polar surface area (TPSA) is 56.8 Å². The van der Waals surface area contributed by atoms with Crippen molar-refractivity contribution in [3.8, 4) is 17.2 Å². The van der Waals surface area contributed by atoms with E-state index in [0.29, 0.717) is 22.9 Å². The molecule has 0 saturated heterocycles. The van der Waals surface area contributed by atoms with Crippen molar-refractivity contribution in [3.63, 3.8) is 0 Å². The van der Waals surface area contributed by atoms with Crippen molar-refractivity contribution in [3.05, 3.63) is 78.4 Å². The predicted octanol–water partition coefficient (Wildman–Crippen LogP) is 5.18. The number of hydrogen-bond donors (Lipinski definition) is 1. The molecule has 3 aromatic carbocycles. The Morgan fingerprint density at radius 2 is 1.38 bits per heavy atom. The molecule has 0 aromatic heterocycles. The summed E-state index contributed by atoms with van der Waals surface area (Å²) in [7, 11) is 4.63. The van der Waals surface area contributed by atoms with Crippen LogP contribution in [0.3, 0.4) is 0 Å². The van der Waals surface area contributed by atoms with Crippen molar-refractivity contribution in [2.75, 3.05) is 26.6 Å². The minimum absolute atomic E-state index is 0.140. The van der Waals surface area contributed by atoms with E-state index in [1.165, 1.54) is 11.8 Å². The summed E-state index contributed by atoms with van der Waals surface area (Å²) in [6.07, 6.45) is 0. The summed E-state index contributed by atoms with van der Waals surface area (Å²) in [4.78, 5) is 14.2. The zero-order valence-electron chi connectivity index (χ0n) is 16.5. The number of amides is 1. The molecule has 0 spiro atoms. The maximum absolute atomic E-state index is 13.2. The van der Waals surface area contributed by atoms with E-state index in [4.69, 9.17) is 14.2 Å². The largest absolute Gasteiger partial charge is 0.493 e. The van der Waals surface area contributed by atoms with Gasteiger partial charge in [-0.05, 0) is 17.7 Å². The van der Waals surface area contributed by atoms with Gasteiger partial charge in [0.05, 0.1) is 21.3 Å². The first kappa shape index (κ1) is 20.6. The molecular formula is C23H23NO4S. The summed E-state index contributed by atoms with van der Waals surface area (Å²) >= 11 is 1.50. The van der Waals surface area contributed by atoms with Crippen molar-refractivity contribution in [1.29, 1.82) is 0 Å². The van der Waals surface area contributed by atoms with E-state index >= 15 is 0 Å². The van der Waals surface area contributed by atoms with Crippen molar-refractivity contribution >= 4 is 23.4 Å². The molecule has 6 heteroatoms. The molecule has 1 unspecified atom stereocenters. The summed E-state index contributed by atoms with van der Waals surface area (Å²) in [5.74, 6) is 1.30. The van der Waals surface area contributed by atoms with Crippen LogP contribution in [0, 0.1) is 0 Å². The Morgan fingerprint density at radius 3 is 1.90 bits per heavy atom. The van der Waals surface area contributed by atoms with Crippen LogP contribution in [0.1, 0.15) is 10.8 Å². The zero-order chi connectivity index (χ0) is 20.6. The van der Waals surface area contributed by atoms with Crippen LogP contribution in [-0.4, -0.2) is 27.2 Å². The van der Waals surface area contributed by atoms with Gasteiger partial charge in [-0.3, -0.25) is 4.79 Å². The molecule has 1 atom stereocenters. The number of anilines is 1. The van der Waals surface area contributed by atoms with Gasteiger partial charge in [0.15, 0.2) is 11.5 Å². The molecule has 29 heavy (non-hydrogen) atoms. The second-order valence-corrected chi connectivity index (χ2v) is 7.30. The summed E-state index contributed by atoms with van der Waals surface area (Å²) in [5.41, 5.74) is 1.49. The van der Waals surface area contributed by atoms with Crippen molar-refractivity contribution in [2.24, 2.45) is 0 Å². The molecule has 0 bridgehead atoms. The monoisotopic (exact) mass is 409 g/mol. The zero-order valence-corrected chi connectivity index (χ0v) is 17.4. The first-order valence-corrected chi connectivity index (χ1v) is 9.91. The van der Waals surface area contributed by atoms with E-state index in [2.05, 4.69) is 5.32 Å². The lowest BCUT2D eigenvalue weighted by Crippen LogP contribution is -2.19. The molecule has 0 aliphatic carbocycles. The Kier molecular flexibility index (Phi) is 7.03. The van der Waals surface area contributed by atoms with Crippen LogP contribution in [0.15, 0.2) is 77.7 Å². The van der Waals surface area contributed by atoms with Gasteiger partial charge in [-0.15, -0.1) is 11.8 Å². The predicted molar refractivity (Wildman–Crippen MR) is 116 cm³/mol. The molecule has 1 amide bonds. The molecule has 0 saturated carbocycles. The Bertz CT molecular complexity index is 923. The number of methoxy groups -OCH3 is 3. The number of carbonyl (C=O) groups excluding carboxylic acids is 1. The first-order chi connectivity index (χ1) is 14.2. The minimum atomic E-state index is -0.419. The second-order valence-electron chi connectivity index (χ2n) is 6.12. The van der Waals surface area contributed by atoms with Crippen LogP contribution in [0.2, 0.25) is 0 Å². The molecular weight excluding hydrogens is 386 g/mol. The van der Waals surface area contributed by atoms with E-state index in [0.717, 1.165) is 10.5 Å². The lowest BCUT2D eigenvalue weighted by Gasteiger charge is -2.19. The Labute approximate surface area is 175 Å². The third kappa shape index (κ3) is 5.03. The average Bonchev–Trinajstić information content (AvgIpc) is 2.77. The molecule has 5 nitrogen and oxygen atoms in total. The van der Waals surface area contributed by atoms with Gasteiger partial charge in [-0.1, -0.05) is 48.5 Å².